The van der Waals surface area contributed by atoms with Crippen LogP contribution in [0.2, 0.25) is 0 Å². The predicted molar refractivity (Wildman–Crippen MR) is 124 cm³/mol. The molecular weight excluding hydrogens is 469 g/mol. The molecule has 3 rings (SSSR count). The molecule has 2 heterocycles. The minimum atomic E-state index is 0. The van der Waals surface area contributed by atoms with Crippen LogP contribution in [0.15, 0.2) is 23.2 Å². The normalized spacial score (nSPS) is 18.5. The molecule has 28 heavy (non-hydrogen) atoms. The Morgan fingerprint density at radius 3 is 2.57 bits per heavy atom. The first-order valence-electron chi connectivity index (χ1n) is 10.1. The Morgan fingerprint density at radius 1 is 1.11 bits per heavy atom. The lowest BCUT2D eigenvalue weighted by molar-refractivity contribution is 0.107. The van der Waals surface area contributed by atoms with Crippen molar-refractivity contribution in [2.24, 2.45) is 4.99 Å². The van der Waals surface area contributed by atoms with Crippen LogP contribution in [-0.4, -0.2) is 74.4 Å². The number of nitrogens with one attached hydrogen (secondary N) is 2. The zero-order chi connectivity index (χ0) is 19.1. The molecule has 1 unspecified atom stereocenters. The van der Waals surface area contributed by atoms with E-state index in [4.69, 9.17) is 14.5 Å². The van der Waals surface area contributed by atoms with Crippen LogP contribution in [0.3, 0.4) is 0 Å². The number of hydrogen-bond donors (Lipinski definition) is 2. The van der Waals surface area contributed by atoms with E-state index in [1.165, 1.54) is 13.1 Å². The number of hydrogen-bond acceptors (Lipinski definition) is 5. The van der Waals surface area contributed by atoms with Gasteiger partial charge in [0.05, 0.1) is 6.54 Å². The van der Waals surface area contributed by atoms with Gasteiger partial charge >= 0.3 is 0 Å². The van der Waals surface area contributed by atoms with Gasteiger partial charge in [-0.1, -0.05) is 13.0 Å². The van der Waals surface area contributed by atoms with Crippen LogP contribution in [0.1, 0.15) is 26.3 Å². The first kappa shape index (κ1) is 23.0. The van der Waals surface area contributed by atoms with Crippen molar-refractivity contribution in [2.75, 3.05) is 52.6 Å². The number of halogens is 1. The van der Waals surface area contributed by atoms with Crippen molar-refractivity contribution in [2.45, 2.75) is 33.4 Å². The standard InChI is InChI=1S/C20H33N5O2.HI/c1-4-21-20(22-13-16(3)25-10-8-24(5-2)9-11-25)23-14-17-6-7-18-19(12-17)27-15-26-18;/h6-7,12,16H,4-5,8-11,13-15H2,1-3H3,(H2,21,22,23);1H. The largest absolute Gasteiger partial charge is 0.454 e. The SMILES string of the molecule is CCNC(=NCc1ccc2c(c1)OCO2)NCC(C)N1CCN(CC)CC1.I. The van der Waals surface area contributed by atoms with Gasteiger partial charge in [0.25, 0.3) is 0 Å². The second-order valence-electron chi connectivity index (χ2n) is 7.08. The van der Waals surface area contributed by atoms with E-state index < -0.39 is 0 Å². The van der Waals surface area contributed by atoms with Crippen LogP contribution in [0.4, 0.5) is 0 Å². The fourth-order valence-corrected chi connectivity index (χ4v) is 3.45. The van der Waals surface area contributed by atoms with Gasteiger partial charge in [-0.05, 0) is 38.1 Å². The number of fused-ring (bicyclic) bond motifs is 1. The average Bonchev–Trinajstić information content (AvgIpc) is 3.17. The summed E-state index contributed by atoms with van der Waals surface area (Å²) in [6, 6.07) is 6.48. The number of rotatable bonds is 7. The van der Waals surface area contributed by atoms with Crippen LogP contribution in [-0.2, 0) is 6.54 Å². The fraction of sp³-hybridized carbons (Fsp3) is 0.650. The molecule has 1 saturated heterocycles. The Morgan fingerprint density at radius 2 is 1.86 bits per heavy atom. The van der Waals surface area contributed by atoms with E-state index in [-0.39, 0.29) is 24.0 Å². The summed E-state index contributed by atoms with van der Waals surface area (Å²) < 4.78 is 10.8. The molecule has 158 valence electrons. The number of ether oxygens (including phenoxy) is 2. The number of aliphatic imine (C=N–C) groups is 1. The van der Waals surface area contributed by atoms with Gasteiger partial charge < -0.3 is 25.0 Å². The molecule has 1 fully saturated rings. The molecular formula is C20H34IN5O2. The number of benzene rings is 1. The van der Waals surface area contributed by atoms with Crippen LogP contribution >= 0.6 is 24.0 Å². The van der Waals surface area contributed by atoms with E-state index in [1.54, 1.807) is 0 Å². The number of likely N-dealkylation sites (N-methyl/N-ethyl adjacent to an activating group) is 1. The van der Waals surface area contributed by atoms with Gasteiger partial charge in [-0.3, -0.25) is 4.90 Å². The zero-order valence-electron chi connectivity index (χ0n) is 17.2. The summed E-state index contributed by atoms with van der Waals surface area (Å²) in [4.78, 5) is 9.79. The van der Waals surface area contributed by atoms with Gasteiger partial charge in [-0.2, -0.15) is 0 Å². The maximum absolute atomic E-state index is 5.44. The fourth-order valence-electron chi connectivity index (χ4n) is 3.45. The van der Waals surface area contributed by atoms with Gasteiger partial charge in [0.2, 0.25) is 6.79 Å². The topological polar surface area (TPSA) is 61.4 Å². The quantitative estimate of drug-likeness (QED) is 0.338. The van der Waals surface area contributed by atoms with Gasteiger partial charge in [-0.15, -0.1) is 24.0 Å². The minimum absolute atomic E-state index is 0. The Balaban J connectivity index is 0.00000280. The average molecular weight is 503 g/mol. The molecule has 0 aliphatic carbocycles. The number of guanidine groups is 1. The highest BCUT2D eigenvalue weighted by Crippen LogP contribution is 2.32. The maximum atomic E-state index is 5.44. The van der Waals surface area contributed by atoms with Crippen molar-refractivity contribution >= 4 is 29.9 Å². The first-order valence-corrected chi connectivity index (χ1v) is 10.1. The van der Waals surface area contributed by atoms with Gasteiger partial charge in [0.15, 0.2) is 17.5 Å². The summed E-state index contributed by atoms with van der Waals surface area (Å²) in [6.07, 6.45) is 0. The highest BCUT2D eigenvalue weighted by atomic mass is 127. The number of nitrogens with zero attached hydrogens (tertiary/aromatic N) is 3. The molecule has 1 atom stereocenters. The van der Waals surface area contributed by atoms with Gasteiger partial charge in [0.1, 0.15) is 0 Å². The Bertz CT molecular complexity index is 635. The highest BCUT2D eigenvalue weighted by Gasteiger charge is 2.20. The molecule has 2 aliphatic heterocycles. The van der Waals surface area contributed by atoms with Gasteiger partial charge in [-0.25, -0.2) is 4.99 Å². The summed E-state index contributed by atoms with van der Waals surface area (Å²) in [5.41, 5.74) is 1.11. The second-order valence-corrected chi connectivity index (χ2v) is 7.08. The molecule has 1 aromatic carbocycles. The van der Waals surface area contributed by atoms with E-state index in [0.29, 0.717) is 19.4 Å². The molecule has 0 aromatic heterocycles. The van der Waals surface area contributed by atoms with Crippen LogP contribution < -0.4 is 20.1 Å². The molecule has 2 aliphatic rings. The third-order valence-electron chi connectivity index (χ3n) is 5.24. The lowest BCUT2D eigenvalue weighted by atomic mass is 10.2. The predicted octanol–water partition coefficient (Wildman–Crippen LogP) is 2.11. The monoisotopic (exact) mass is 503 g/mol. The Hall–Kier alpha value is -1.26. The molecule has 0 bridgehead atoms. The summed E-state index contributed by atoms with van der Waals surface area (Å²) in [5, 5.41) is 6.83. The van der Waals surface area contributed by atoms with Crippen molar-refractivity contribution in [1.82, 2.24) is 20.4 Å². The zero-order valence-corrected chi connectivity index (χ0v) is 19.6. The highest BCUT2D eigenvalue weighted by molar-refractivity contribution is 14.0. The molecule has 0 spiro atoms. The van der Waals surface area contributed by atoms with Crippen molar-refractivity contribution < 1.29 is 9.47 Å². The van der Waals surface area contributed by atoms with Crippen LogP contribution in [0.25, 0.3) is 0 Å². The molecule has 8 heteroatoms. The molecule has 0 saturated carbocycles. The molecule has 1 aromatic rings. The maximum Gasteiger partial charge on any atom is 0.231 e. The second kappa shape index (κ2) is 11.7. The summed E-state index contributed by atoms with van der Waals surface area (Å²) in [7, 11) is 0. The van der Waals surface area contributed by atoms with Gasteiger partial charge in [0, 0.05) is 45.3 Å². The van der Waals surface area contributed by atoms with E-state index in [9.17, 15) is 0 Å². The lowest BCUT2D eigenvalue weighted by Gasteiger charge is -2.37. The first-order chi connectivity index (χ1) is 13.2. The smallest absolute Gasteiger partial charge is 0.231 e. The molecule has 7 nitrogen and oxygen atoms in total. The third kappa shape index (κ3) is 6.38. The summed E-state index contributed by atoms with van der Waals surface area (Å²) in [5.74, 6) is 2.47. The van der Waals surface area contributed by atoms with E-state index in [1.807, 2.05) is 18.2 Å². The van der Waals surface area contributed by atoms with Crippen LogP contribution in [0.5, 0.6) is 11.5 Å². The Labute approximate surface area is 185 Å². The van der Waals surface area contributed by atoms with Crippen molar-refractivity contribution in [3.63, 3.8) is 0 Å². The minimum Gasteiger partial charge on any atom is -0.454 e. The van der Waals surface area contributed by atoms with Crippen LogP contribution in [0, 0.1) is 0 Å². The summed E-state index contributed by atoms with van der Waals surface area (Å²) in [6.45, 7) is 15.0. The van der Waals surface area contributed by atoms with E-state index in [0.717, 1.165) is 55.7 Å². The van der Waals surface area contributed by atoms with Crippen molar-refractivity contribution in [1.29, 1.82) is 0 Å². The number of piperazine rings is 1. The molecule has 2 N–H and O–H groups in total. The van der Waals surface area contributed by atoms with E-state index >= 15 is 0 Å². The molecule has 0 amide bonds. The lowest BCUT2D eigenvalue weighted by Crippen LogP contribution is -2.53. The Kier molecular flexibility index (Phi) is 9.60. The van der Waals surface area contributed by atoms with Crippen molar-refractivity contribution in [3.05, 3.63) is 23.8 Å². The molecule has 0 radical (unpaired) electrons. The van der Waals surface area contributed by atoms with Crippen molar-refractivity contribution in [3.8, 4) is 11.5 Å². The third-order valence-corrected chi connectivity index (χ3v) is 5.24. The summed E-state index contributed by atoms with van der Waals surface area (Å²) >= 11 is 0. The van der Waals surface area contributed by atoms with E-state index in [2.05, 4.69) is 41.2 Å².